The lowest BCUT2D eigenvalue weighted by atomic mass is 10.0. The van der Waals surface area contributed by atoms with Crippen LogP contribution in [0.2, 0.25) is 0 Å². The molecule has 2 heteroatoms. The standard InChI is InChI=1S/C15H33NO/c1-15(2)13-11-9-7-5-6-8-10-12-14-16(3,4)17/h15H,5-14H2,1-4H3. The molecule has 0 radical (unpaired) electrons. The summed E-state index contributed by atoms with van der Waals surface area (Å²) in [7, 11) is 3.46. The topological polar surface area (TPSA) is 23.1 Å². The second kappa shape index (κ2) is 9.90. The van der Waals surface area contributed by atoms with Crippen molar-refractivity contribution in [2.45, 2.75) is 71.6 Å². The number of quaternary nitrogens is 1. The molecule has 0 fully saturated rings. The van der Waals surface area contributed by atoms with Crippen molar-refractivity contribution in [1.29, 1.82) is 0 Å². The van der Waals surface area contributed by atoms with E-state index in [1.54, 1.807) is 14.1 Å². The van der Waals surface area contributed by atoms with Crippen molar-refractivity contribution >= 4 is 0 Å². The third kappa shape index (κ3) is 15.9. The van der Waals surface area contributed by atoms with E-state index >= 15 is 0 Å². The predicted molar refractivity (Wildman–Crippen MR) is 76.7 cm³/mol. The van der Waals surface area contributed by atoms with Crippen LogP contribution in [0.25, 0.3) is 0 Å². The van der Waals surface area contributed by atoms with Crippen molar-refractivity contribution in [3.8, 4) is 0 Å². The maximum absolute atomic E-state index is 11.3. The fraction of sp³-hybridized carbons (Fsp3) is 1.00. The second-order valence-electron chi connectivity index (χ2n) is 6.31. The molecule has 0 aromatic carbocycles. The Morgan fingerprint density at radius 2 is 1.18 bits per heavy atom. The van der Waals surface area contributed by atoms with Crippen molar-refractivity contribution in [2.24, 2.45) is 5.92 Å². The van der Waals surface area contributed by atoms with Gasteiger partial charge in [0.2, 0.25) is 0 Å². The van der Waals surface area contributed by atoms with E-state index in [9.17, 15) is 5.21 Å². The quantitative estimate of drug-likeness (QED) is 0.292. The minimum Gasteiger partial charge on any atom is -0.633 e. The van der Waals surface area contributed by atoms with Gasteiger partial charge in [0.1, 0.15) is 0 Å². The van der Waals surface area contributed by atoms with Crippen molar-refractivity contribution in [3.05, 3.63) is 5.21 Å². The van der Waals surface area contributed by atoms with Gasteiger partial charge in [-0.1, -0.05) is 58.8 Å². The number of hydroxylamine groups is 3. The molecular weight excluding hydrogens is 210 g/mol. The largest absolute Gasteiger partial charge is 0.633 e. The van der Waals surface area contributed by atoms with Crippen LogP contribution in [0.4, 0.5) is 0 Å². The second-order valence-corrected chi connectivity index (χ2v) is 6.31. The van der Waals surface area contributed by atoms with Crippen LogP contribution >= 0.6 is 0 Å². The first-order chi connectivity index (χ1) is 7.92. The summed E-state index contributed by atoms with van der Waals surface area (Å²) in [5, 5.41) is 11.3. The van der Waals surface area contributed by atoms with E-state index in [2.05, 4.69) is 13.8 Å². The summed E-state index contributed by atoms with van der Waals surface area (Å²) in [6, 6.07) is 0. The third-order valence-corrected chi connectivity index (χ3v) is 3.23. The molecule has 0 spiro atoms. The molecule has 2 nitrogen and oxygen atoms in total. The van der Waals surface area contributed by atoms with Crippen LogP contribution < -0.4 is 0 Å². The monoisotopic (exact) mass is 243 g/mol. The van der Waals surface area contributed by atoms with Crippen molar-refractivity contribution in [3.63, 3.8) is 0 Å². The van der Waals surface area contributed by atoms with Gasteiger partial charge in [-0.3, -0.25) is 0 Å². The molecule has 0 aliphatic carbocycles. The zero-order valence-corrected chi connectivity index (χ0v) is 12.5. The molecule has 0 unspecified atom stereocenters. The zero-order chi connectivity index (χ0) is 13.1. The van der Waals surface area contributed by atoms with E-state index in [4.69, 9.17) is 0 Å². The maximum Gasteiger partial charge on any atom is 0.0779 e. The Kier molecular flexibility index (Phi) is 9.85. The van der Waals surface area contributed by atoms with Gasteiger partial charge >= 0.3 is 0 Å². The van der Waals surface area contributed by atoms with Gasteiger partial charge in [-0.25, -0.2) is 0 Å². The average Bonchev–Trinajstić information content (AvgIpc) is 2.18. The van der Waals surface area contributed by atoms with Crippen molar-refractivity contribution in [2.75, 3.05) is 20.6 Å². The summed E-state index contributed by atoms with van der Waals surface area (Å²) in [4.78, 5) is 0. The molecule has 0 amide bonds. The Balaban J connectivity index is 3.04. The molecule has 0 atom stereocenters. The van der Waals surface area contributed by atoms with Gasteiger partial charge in [-0.2, -0.15) is 0 Å². The highest BCUT2D eigenvalue weighted by molar-refractivity contribution is 4.49. The van der Waals surface area contributed by atoms with Gasteiger partial charge in [0.25, 0.3) is 0 Å². The molecule has 0 saturated heterocycles. The maximum atomic E-state index is 11.3. The summed E-state index contributed by atoms with van der Waals surface area (Å²) in [6.07, 6.45) is 12.0. The first-order valence-electron chi connectivity index (χ1n) is 7.46. The predicted octanol–water partition coefficient (Wildman–Crippen LogP) is 4.73. The average molecular weight is 243 g/mol. The third-order valence-electron chi connectivity index (χ3n) is 3.23. The minimum absolute atomic E-state index is 0.130. The molecule has 0 aliphatic heterocycles. The normalized spacial score (nSPS) is 12.4. The Bertz CT molecular complexity index is 161. The Morgan fingerprint density at radius 3 is 1.59 bits per heavy atom. The SMILES string of the molecule is CC(C)CCCCCCCCCC[N+](C)(C)[O-]. The summed E-state index contributed by atoms with van der Waals surface area (Å²) in [5.41, 5.74) is 0. The number of hydrogen-bond acceptors (Lipinski definition) is 1. The molecule has 0 bridgehead atoms. The molecule has 17 heavy (non-hydrogen) atoms. The van der Waals surface area contributed by atoms with Crippen molar-refractivity contribution in [1.82, 2.24) is 0 Å². The molecular formula is C15H33NO. The Hall–Kier alpha value is -0.0800. The van der Waals surface area contributed by atoms with Crippen LogP contribution in [-0.2, 0) is 0 Å². The van der Waals surface area contributed by atoms with Gasteiger partial charge in [0.05, 0.1) is 20.6 Å². The smallest absolute Gasteiger partial charge is 0.0779 e. The number of hydrogen-bond donors (Lipinski definition) is 0. The summed E-state index contributed by atoms with van der Waals surface area (Å²) in [6.45, 7) is 5.38. The molecule has 0 N–H and O–H groups in total. The molecule has 0 aromatic rings. The minimum atomic E-state index is -0.130. The molecule has 0 aromatic heterocycles. The van der Waals surface area contributed by atoms with Crippen LogP contribution in [0.5, 0.6) is 0 Å². The molecule has 0 rings (SSSR count). The molecule has 0 saturated carbocycles. The van der Waals surface area contributed by atoms with E-state index in [1.807, 2.05) is 0 Å². The number of unbranched alkanes of at least 4 members (excludes halogenated alkanes) is 7. The Morgan fingerprint density at radius 1 is 0.765 bits per heavy atom. The lowest BCUT2D eigenvalue weighted by Crippen LogP contribution is -2.32. The van der Waals surface area contributed by atoms with E-state index in [1.165, 1.54) is 51.4 Å². The highest BCUT2D eigenvalue weighted by Crippen LogP contribution is 2.12. The summed E-state index contributed by atoms with van der Waals surface area (Å²) < 4.78 is -0.130. The van der Waals surface area contributed by atoms with Gasteiger partial charge in [0, 0.05) is 0 Å². The van der Waals surface area contributed by atoms with E-state index in [0.717, 1.165) is 18.9 Å². The van der Waals surface area contributed by atoms with Crippen LogP contribution in [0, 0.1) is 11.1 Å². The van der Waals surface area contributed by atoms with E-state index in [-0.39, 0.29) is 4.65 Å². The lowest BCUT2D eigenvalue weighted by molar-refractivity contribution is -0.840. The van der Waals surface area contributed by atoms with Gasteiger partial charge in [-0.15, -0.1) is 0 Å². The van der Waals surface area contributed by atoms with E-state index < -0.39 is 0 Å². The Labute approximate surface area is 109 Å². The fourth-order valence-electron chi connectivity index (χ4n) is 2.11. The van der Waals surface area contributed by atoms with Gasteiger partial charge in [0.15, 0.2) is 0 Å². The van der Waals surface area contributed by atoms with Gasteiger partial charge in [-0.05, 0) is 18.8 Å². The van der Waals surface area contributed by atoms with Crippen LogP contribution in [-0.4, -0.2) is 25.3 Å². The molecule has 0 aliphatic rings. The van der Waals surface area contributed by atoms with E-state index in [0.29, 0.717) is 0 Å². The zero-order valence-electron chi connectivity index (χ0n) is 12.5. The van der Waals surface area contributed by atoms with Crippen LogP contribution in [0.3, 0.4) is 0 Å². The first kappa shape index (κ1) is 16.9. The van der Waals surface area contributed by atoms with Gasteiger partial charge < -0.3 is 9.85 Å². The van der Waals surface area contributed by atoms with Crippen LogP contribution in [0.15, 0.2) is 0 Å². The molecule has 104 valence electrons. The van der Waals surface area contributed by atoms with Crippen molar-refractivity contribution < 1.29 is 4.65 Å². The lowest BCUT2D eigenvalue weighted by Gasteiger charge is -2.33. The fourth-order valence-corrected chi connectivity index (χ4v) is 2.11. The highest BCUT2D eigenvalue weighted by Gasteiger charge is 2.00. The highest BCUT2D eigenvalue weighted by atomic mass is 16.5. The summed E-state index contributed by atoms with van der Waals surface area (Å²) in [5.74, 6) is 0.864. The van der Waals surface area contributed by atoms with Crippen LogP contribution in [0.1, 0.15) is 71.6 Å². The first-order valence-corrected chi connectivity index (χ1v) is 7.46. The summed E-state index contributed by atoms with van der Waals surface area (Å²) >= 11 is 0. The molecule has 0 heterocycles. The number of rotatable bonds is 11. The number of nitrogens with zero attached hydrogens (tertiary/aromatic N) is 1.